The predicted octanol–water partition coefficient (Wildman–Crippen LogP) is 3.38. The molecule has 0 saturated carbocycles. The van der Waals surface area contributed by atoms with E-state index < -0.39 is 0 Å². The van der Waals surface area contributed by atoms with E-state index in [0.29, 0.717) is 0 Å². The zero-order chi connectivity index (χ0) is 12.9. The molecule has 0 aromatic carbocycles. The van der Waals surface area contributed by atoms with E-state index in [1.54, 1.807) is 0 Å². The summed E-state index contributed by atoms with van der Waals surface area (Å²) in [6.07, 6.45) is 6.45. The van der Waals surface area contributed by atoms with Gasteiger partial charge in [-0.15, -0.1) is 0 Å². The summed E-state index contributed by atoms with van der Waals surface area (Å²) in [6, 6.07) is 0. The second-order valence-corrected chi connectivity index (χ2v) is 5.42. The molecule has 2 nitrogen and oxygen atoms in total. The lowest BCUT2D eigenvalue weighted by Crippen LogP contribution is -2.35. The number of allylic oxidation sites excluding steroid dienone is 4. The van der Waals surface area contributed by atoms with E-state index in [1.165, 1.54) is 5.70 Å². The summed E-state index contributed by atoms with van der Waals surface area (Å²) in [5.41, 5.74) is 2.56. The first kappa shape index (κ1) is 14.0. The van der Waals surface area contributed by atoms with E-state index in [9.17, 15) is 0 Å². The van der Waals surface area contributed by atoms with Crippen LogP contribution in [-0.2, 0) is 4.74 Å². The molecule has 17 heavy (non-hydrogen) atoms. The standard InChI is InChI=1S/C15H25NO/c1-6-14(16-9-11-17-12-10-16)8-7-13(2)15(3,4)5/h6-8H,2,9-12H2,1,3-5H3. The van der Waals surface area contributed by atoms with E-state index in [1.807, 2.05) is 0 Å². The van der Waals surface area contributed by atoms with Gasteiger partial charge in [0.1, 0.15) is 0 Å². The number of rotatable bonds is 3. The summed E-state index contributed by atoms with van der Waals surface area (Å²) in [5, 5.41) is 0. The molecule has 0 bridgehead atoms. The molecule has 0 amide bonds. The fraction of sp³-hybridized carbons (Fsp3) is 0.600. The van der Waals surface area contributed by atoms with Gasteiger partial charge in [-0.05, 0) is 24.0 Å². The van der Waals surface area contributed by atoms with Crippen LogP contribution in [0.5, 0.6) is 0 Å². The SMILES string of the molecule is C=C(C=CC(=CC)N1CCOCC1)C(C)(C)C. The van der Waals surface area contributed by atoms with Crippen LogP contribution in [0.1, 0.15) is 27.7 Å². The van der Waals surface area contributed by atoms with Crippen LogP contribution < -0.4 is 0 Å². The van der Waals surface area contributed by atoms with Crippen molar-refractivity contribution in [3.05, 3.63) is 36.1 Å². The normalized spacial score (nSPS) is 18.8. The molecule has 0 aliphatic carbocycles. The molecule has 96 valence electrons. The Kier molecular flexibility index (Phi) is 5.01. The third-order valence-electron chi connectivity index (χ3n) is 3.09. The fourth-order valence-corrected chi connectivity index (χ4v) is 1.64. The second-order valence-electron chi connectivity index (χ2n) is 5.42. The minimum Gasteiger partial charge on any atom is -0.378 e. The number of morpholine rings is 1. The number of nitrogens with zero attached hydrogens (tertiary/aromatic N) is 1. The third-order valence-corrected chi connectivity index (χ3v) is 3.09. The maximum absolute atomic E-state index is 5.36. The van der Waals surface area contributed by atoms with Gasteiger partial charge in [0.2, 0.25) is 0 Å². The summed E-state index contributed by atoms with van der Waals surface area (Å²) in [5.74, 6) is 0. The molecule has 0 atom stereocenters. The molecule has 2 heteroatoms. The molecule has 1 rings (SSSR count). The van der Waals surface area contributed by atoms with Crippen LogP contribution in [0.4, 0.5) is 0 Å². The molecule has 0 radical (unpaired) electrons. The summed E-state index contributed by atoms with van der Waals surface area (Å²) >= 11 is 0. The Balaban J connectivity index is 2.64. The third kappa shape index (κ3) is 4.39. The van der Waals surface area contributed by atoms with Gasteiger partial charge in [-0.3, -0.25) is 0 Å². The van der Waals surface area contributed by atoms with Crippen LogP contribution >= 0.6 is 0 Å². The van der Waals surface area contributed by atoms with Crippen molar-refractivity contribution in [3.8, 4) is 0 Å². The molecule has 0 N–H and O–H groups in total. The molecule has 0 spiro atoms. The Morgan fingerprint density at radius 1 is 1.18 bits per heavy atom. The van der Waals surface area contributed by atoms with Crippen molar-refractivity contribution >= 4 is 0 Å². The van der Waals surface area contributed by atoms with Gasteiger partial charge in [-0.25, -0.2) is 0 Å². The van der Waals surface area contributed by atoms with E-state index in [2.05, 4.69) is 57.4 Å². The van der Waals surface area contributed by atoms with E-state index in [-0.39, 0.29) is 5.41 Å². The predicted molar refractivity (Wildman–Crippen MR) is 73.9 cm³/mol. The number of ether oxygens (including phenoxy) is 1. The molecular weight excluding hydrogens is 210 g/mol. The summed E-state index contributed by atoms with van der Waals surface area (Å²) in [6.45, 7) is 16.4. The summed E-state index contributed by atoms with van der Waals surface area (Å²) in [7, 11) is 0. The zero-order valence-corrected chi connectivity index (χ0v) is 11.6. The molecule has 1 saturated heterocycles. The molecule has 1 heterocycles. The highest BCUT2D eigenvalue weighted by Crippen LogP contribution is 2.25. The summed E-state index contributed by atoms with van der Waals surface area (Å²) < 4.78 is 5.36. The average molecular weight is 235 g/mol. The van der Waals surface area contributed by atoms with Crippen LogP contribution in [0.3, 0.4) is 0 Å². The van der Waals surface area contributed by atoms with E-state index >= 15 is 0 Å². The van der Waals surface area contributed by atoms with E-state index in [0.717, 1.165) is 31.9 Å². The molecule has 1 aliphatic heterocycles. The average Bonchev–Trinajstić information content (AvgIpc) is 2.29. The number of hydrogen-bond donors (Lipinski definition) is 0. The minimum absolute atomic E-state index is 0.139. The maximum Gasteiger partial charge on any atom is 0.0642 e. The van der Waals surface area contributed by atoms with Crippen molar-refractivity contribution in [2.75, 3.05) is 26.3 Å². The highest BCUT2D eigenvalue weighted by molar-refractivity contribution is 5.28. The van der Waals surface area contributed by atoms with Crippen molar-refractivity contribution in [2.45, 2.75) is 27.7 Å². The van der Waals surface area contributed by atoms with Crippen molar-refractivity contribution < 1.29 is 4.74 Å². The Morgan fingerprint density at radius 2 is 1.76 bits per heavy atom. The highest BCUT2D eigenvalue weighted by Gasteiger charge is 2.14. The van der Waals surface area contributed by atoms with Crippen molar-refractivity contribution in [1.82, 2.24) is 4.90 Å². The van der Waals surface area contributed by atoms with Gasteiger partial charge in [-0.1, -0.05) is 39.5 Å². The summed E-state index contributed by atoms with van der Waals surface area (Å²) in [4.78, 5) is 2.36. The van der Waals surface area contributed by atoms with Gasteiger partial charge in [0.15, 0.2) is 0 Å². The molecule has 0 unspecified atom stereocenters. The zero-order valence-electron chi connectivity index (χ0n) is 11.6. The quantitative estimate of drug-likeness (QED) is 0.695. The molecule has 0 aromatic heterocycles. The molecule has 0 aromatic rings. The van der Waals surface area contributed by atoms with Crippen molar-refractivity contribution in [3.63, 3.8) is 0 Å². The second kappa shape index (κ2) is 6.06. The maximum atomic E-state index is 5.36. The largest absolute Gasteiger partial charge is 0.378 e. The number of hydrogen-bond acceptors (Lipinski definition) is 2. The first-order valence-corrected chi connectivity index (χ1v) is 6.31. The van der Waals surface area contributed by atoms with Crippen LogP contribution in [0, 0.1) is 5.41 Å². The topological polar surface area (TPSA) is 12.5 Å². The Hall–Kier alpha value is -1.02. The van der Waals surface area contributed by atoms with Gasteiger partial charge in [-0.2, -0.15) is 0 Å². The molecule has 1 fully saturated rings. The molecule has 1 aliphatic rings. The first-order valence-electron chi connectivity index (χ1n) is 6.31. The Labute approximate surface area is 106 Å². The van der Waals surface area contributed by atoms with Crippen LogP contribution in [0.25, 0.3) is 0 Å². The minimum atomic E-state index is 0.139. The van der Waals surface area contributed by atoms with Crippen LogP contribution in [0.15, 0.2) is 36.1 Å². The fourth-order valence-electron chi connectivity index (χ4n) is 1.64. The van der Waals surface area contributed by atoms with Crippen LogP contribution in [0.2, 0.25) is 0 Å². The highest BCUT2D eigenvalue weighted by atomic mass is 16.5. The van der Waals surface area contributed by atoms with Gasteiger partial charge >= 0.3 is 0 Å². The first-order chi connectivity index (χ1) is 7.95. The van der Waals surface area contributed by atoms with E-state index in [4.69, 9.17) is 4.74 Å². The van der Waals surface area contributed by atoms with Gasteiger partial charge in [0.25, 0.3) is 0 Å². The van der Waals surface area contributed by atoms with Crippen molar-refractivity contribution in [1.29, 1.82) is 0 Å². The van der Waals surface area contributed by atoms with Gasteiger partial charge < -0.3 is 9.64 Å². The lowest BCUT2D eigenvalue weighted by Gasteiger charge is -2.30. The smallest absolute Gasteiger partial charge is 0.0642 e. The lowest BCUT2D eigenvalue weighted by molar-refractivity contribution is 0.0553. The van der Waals surface area contributed by atoms with Gasteiger partial charge in [0.05, 0.1) is 13.2 Å². The van der Waals surface area contributed by atoms with Gasteiger partial charge in [0, 0.05) is 18.8 Å². The lowest BCUT2D eigenvalue weighted by atomic mass is 9.87. The van der Waals surface area contributed by atoms with Crippen molar-refractivity contribution in [2.24, 2.45) is 5.41 Å². The Bertz CT molecular complexity index is 314. The Morgan fingerprint density at radius 3 is 2.24 bits per heavy atom. The monoisotopic (exact) mass is 235 g/mol. The molecular formula is C15H25NO. The van der Waals surface area contributed by atoms with Crippen LogP contribution in [-0.4, -0.2) is 31.2 Å².